The normalized spacial score (nSPS) is 16.3. The molecular weight excluding hydrogens is 304 g/mol. The fourth-order valence-corrected chi connectivity index (χ4v) is 3.13. The van der Waals surface area contributed by atoms with Crippen LogP contribution in [-0.2, 0) is 16.0 Å². The van der Waals surface area contributed by atoms with E-state index in [0.717, 1.165) is 43.6 Å². The number of likely N-dealkylation sites (tertiary alicyclic amines) is 1. The van der Waals surface area contributed by atoms with E-state index >= 15 is 0 Å². The van der Waals surface area contributed by atoms with Crippen molar-refractivity contribution in [2.24, 2.45) is 0 Å². The van der Waals surface area contributed by atoms with Crippen LogP contribution in [0.5, 0.6) is 0 Å². The Labute approximate surface area is 145 Å². The van der Waals surface area contributed by atoms with Crippen LogP contribution in [0, 0.1) is 6.92 Å². The van der Waals surface area contributed by atoms with Gasteiger partial charge in [0.2, 0.25) is 5.91 Å². The summed E-state index contributed by atoms with van der Waals surface area (Å²) in [5.41, 5.74) is 3.25. The zero-order valence-electron chi connectivity index (χ0n) is 14.9. The Kier molecular flexibility index (Phi) is 7.69. The standard InChI is InChI=1S/C19H30N2O3/c1-3-16-7-4-6-15(2)19(16)20-18(23)14-21-10-8-17(9-11-21)24-13-5-12-22/h4,6-7,17,22H,3,5,8-14H2,1-2H3,(H,20,23). The van der Waals surface area contributed by atoms with E-state index < -0.39 is 0 Å². The Bertz CT molecular complexity index is 525. The highest BCUT2D eigenvalue weighted by Crippen LogP contribution is 2.21. The number of piperidine rings is 1. The Morgan fingerprint density at radius 2 is 2.12 bits per heavy atom. The molecule has 2 rings (SSSR count). The second-order valence-electron chi connectivity index (χ2n) is 6.43. The average Bonchev–Trinajstić information content (AvgIpc) is 2.58. The lowest BCUT2D eigenvalue weighted by Gasteiger charge is -2.31. The minimum atomic E-state index is 0.0543. The molecule has 1 heterocycles. The van der Waals surface area contributed by atoms with Gasteiger partial charge in [0, 0.05) is 32.0 Å². The number of anilines is 1. The number of benzene rings is 1. The number of carbonyl (C=O) groups is 1. The first-order chi connectivity index (χ1) is 11.6. The quantitative estimate of drug-likeness (QED) is 0.717. The maximum Gasteiger partial charge on any atom is 0.238 e. The smallest absolute Gasteiger partial charge is 0.238 e. The molecule has 5 heteroatoms. The van der Waals surface area contributed by atoms with Gasteiger partial charge in [-0.2, -0.15) is 0 Å². The molecule has 0 saturated carbocycles. The number of nitrogens with zero attached hydrogens (tertiary/aromatic N) is 1. The Morgan fingerprint density at radius 3 is 2.79 bits per heavy atom. The molecule has 0 radical (unpaired) electrons. The second-order valence-corrected chi connectivity index (χ2v) is 6.43. The maximum atomic E-state index is 12.4. The first-order valence-electron chi connectivity index (χ1n) is 8.97. The van der Waals surface area contributed by atoms with Crippen LogP contribution in [0.4, 0.5) is 5.69 Å². The summed E-state index contributed by atoms with van der Waals surface area (Å²) >= 11 is 0. The lowest BCUT2D eigenvalue weighted by Crippen LogP contribution is -2.41. The highest BCUT2D eigenvalue weighted by molar-refractivity contribution is 5.93. The molecule has 24 heavy (non-hydrogen) atoms. The number of ether oxygens (including phenoxy) is 1. The van der Waals surface area contributed by atoms with Crippen LogP contribution in [0.25, 0.3) is 0 Å². The predicted molar refractivity (Wildman–Crippen MR) is 96.3 cm³/mol. The van der Waals surface area contributed by atoms with Crippen molar-refractivity contribution in [3.63, 3.8) is 0 Å². The summed E-state index contributed by atoms with van der Waals surface area (Å²) in [6.45, 7) is 7.13. The molecule has 1 aliphatic rings. The molecule has 0 bridgehead atoms. The number of hydrogen-bond acceptors (Lipinski definition) is 4. The van der Waals surface area contributed by atoms with Crippen LogP contribution in [0.15, 0.2) is 18.2 Å². The maximum absolute atomic E-state index is 12.4. The lowest BCUT2D eigenvalue weighted by atomic mass is 10.1. The van der Waals surface area contributed by atoms with Crippen LogP contribution in [0.1, 0.15) is 37.3 Å². The molecule has 2 N–H and O–H groups in total. The number of aliphatic hydroxyl groups is 1. The van der Waals surface area contributed by atoms with Gasteiger partial charge in [-0.05, 0) is 43.7 Å². The fraction of sp³-hybridized carbons (Fsp3) is 0.632. The molecule has 1 amide bonds. The van der Waals surface area contributed by atoms with Crippen molar-refractivity contribution in [3.05, 3.63) is 29.3 Å². The van der Waals surface area contributed by atoms with E-state index in [2.05, 4.69) is 23.2 Å². The SMILES string of the molecule is CCc1cccc(C)c1NC(=O)CN1CCC(OCCCO)CC1. The van der Waals surface area contributed by atoms with Crippen molar-refractivity contribution < 1.29 is 14.6 Å². The van der Waals surface area contributed by atoms with Crippen LogP contribution in [0.2, 0.25) is 0 Å². The number of aryl methyl sites for hydroxylation is 2. The van der Waals surface area contributed by atoms with Crippen LogP contribution in [0.3, 0.4) is 0 Å². The monoisotopic (exact) mass is 334 g/mol. The number of para-hydroxylation sites is 1. The summed E-state index contributed by atoms with van der Waals surface area (Å²) in [6.07, 6.45) is 3.76. The topological polar surface area (TPSA) is 61.8 Å². The van der Waals surface area contributed by atoms with Crippen molar-refractivity contribution in [2.45, 2.75) is 45.6 Å². The zero-order chi connectivity index (χ0) is 17.4. The van der Waals surface area contributed by atoms with Gasteiger partial charge in [0.05, 0.1) is 12.6 Å². The lowest BCUT2D eigenvalue weighted by molar-refractivity contribution is -0.118. The van der Waals surface area contributed by atoms with Crippen LogP contribution in [-0.4, -0.2) is 54.9 Å². The first kappa shape index (κ1) is 18.9. The number of carbonyl (C=O) groups excluding carboxylic acids is 1. The molecule has 1 aromatic rings. The largest absolute Gasteiger partial charge is 0.396 e. The van der Waals surface area contributed by atoms with Gasteiger partial charge in [-0.25, -0.2) is 0 Å². The number of nitrogens with one attached hydrogen (secondary N) is 1. The van der Waals surface area contributed by atoms with Crippen molar-refractivity contribution in [2.75, 3.05) is 38.2 Å². The molecule has 5 nitrogen and oxygen atoms in total. The number of aliphatic hydroxyl groups excluding tert-OH is 1. The molecule has 1 saturated heterocycles. The average molecular weight is 334 g/mol. The van der Waals surface area contributed by atoms with Crippen molar-refractivity contribution in [1.82, 2.24) is 4.90 Å². The van der Waals surface area contributed by atoms with Gasteiger partial charge < -0.3 is 15.2 Å². The third kappa shape index (κ3) is 5.58. The van der Waals surface area contributed by atoms with E-state index in [1.807, 2.05) is 19.1 Å². The number of hydrogen-bond donors (Lipinski definition) is 2. The first-order valence-corrected chi connectivity index (χ1v) is 8.97. The molecule has 1 aromatic carbocycles. The highest BCUT2D eigenvalue weighted by atomic mass is 16.5. The second kappa shape index (κ2) is 9.77. The fourth-order valence-electron chi connectivity index (χ4n) is 3.13. The summed E-state index contributed by atoms with van der Waals surface area (Å²) < 4.78 is 5.73. The molecule has 1 fully saturated rings. The van der Waals surface area contributed by atoms with Gasteiger partial charge in [-0.15, -0.1) is 0 Å². The minimum Gasteiger partial charge on any atom is -0.396 e. The highest BCUT2D eigenvalue weighted by Gasteiger charge is 2.21. The van der Waals surface area contributed by atoms with E-state index in [9.17, 15) is 4.79 Å². The number of amides is 1. The Balaban J connectivity index is 1.78. The van der Waals surface area contributed by atoms with E-state index in [1.165, 1.54) is 5.56 Å². The predicted octanol–water partition coefficient (Wildman–Crippen LogP) is 2.36. The molecule has 0 spiro atoms. The van der Waals surface area contributed by atoms with Gasteiger partial charge in [-0.1, -0.05) is 25.1 Å². The number of rotatable bonds is 8. The summed E-state index contributed by atoms with van der Waals surface area (Å²) in [6, 6.07) is 6.13. The van der Waals surface area contributed by atoms with E-state index in [0.29, 0.717) is 19.6 Å². The van der Waals surface area contributed by atoms with Crippen LogP contribution < -0.4 is 5.32 Å². The summed E-state index contributed by atoms with van der Waals surface area (Å²) in [4.78, 5) is 14.6. The molecule has 1 aliphatic heterocycles. The van der Waals surface area contributed by atoms with E-state index in [-0.39, 0.29) is 18.6 Å². The molecule has 0 aromatic heterocycles. The Morgan fingerprint density at radius 1 is 1.38 bits per heavy atom. The third-order valence-corrected chi connectivity index (χ3v) is 4.56. The van der Waals surface area contributed by atoms with E-state index in [4.69, 9.17) is 9.84 Å². The van der Waals surface area contributed by atoms with Gasteiger partial charge in [0.25, 0.3) is 0 Å². The molecular formula is C19H30N2O3. The van der Waals surface area contributed by atoms with Crippen molar-refractivity contribution in [1.29, 1.82) is 0 Å². The molecule has 0 aliphatic carbocycles. The summed E-state index contributed by atoms with van der Waals surface area (Å²) in [7, 11) is 0. The summed E-state index contributed by atoms with van der Waals surface area (Å²) in [5, 5.41) is 11.9. The van der Waals surface area contributed by atoms with Gasteiger partial charge in [0.1, 0.15) is 0 Å². The third-order valence-electron chi connectivity index (χ3n) is 4.56. The minimum absolute atomic E-state index is 0.0543. The molecule has 134 valence electrons. The van der Waals surface area contributed by atoms with Crippen molar-refractivity contribution >= 4 is 11.6 Å². The van der Waals surface area contributed by atoms with Gasteiger partial charge in [0.15, 0.2) is 0 Å². The summed E-state index contributed by atoms with van der Waals surface area (Å²) in [5.74, 6) is 0.0543. The Hall–Kier alpha value is -1.43. The van der Waals surface area contributed by atoms with Crippen molar-refractivity contribution in [3.8, 4) is 0 Å². The van der Waals surface area contributed by atoms with Crippen LogP contribution >= 0.6 is 0 Å². The van der Waals surface area contributed by atoms with Gasteiger partial charge >= 0.3 is 0 Å². The zero-order valence-corrected chi connectivity index (χ0v) is 14.9. The van der Waals surface area contributed by atoms with E-state index in [1.54, 1.807) is 0 Å². The molecule has 0 unspecified atom stereocenters. The van der Waals surface area contributed by atoms with Gasteiger partial charge in [-0.3, -0.25) is 9.69 Å². The molecule has 0 atom stereocenters.